The van der Waals surface area contributed by atoms with Crippen molar-refractivity contribution in [2.75, 3.05) is 13.2 Å². The largest absolute Gasteiger partial charge is 0.486 e. The maximum Gasteiger partial charge on any atom is 0.161 e. The van der Waals surface area contributed by atoms with Crippen LogP contribution in [0.1, 0.15) is 16.5 Å². The Labute approximate surface area is 119 Å². The van der Waals surface area contributed by atoms with Gasteiger partial charge >= 0.3 is 0 Å². The lowest BCUT2D eigenvalue weighted by Gasteiger charge is -2.20. The van der Waals surface area contributed by atoms with Gasteiger partial charge in [0.2, 0.25) is 0 Å². The number of rotatable bonds is 2. The topological polar surface area (TPSA) is 18.5 Å². The Bertz CT molecular complexity index is 646. The fourth-order valence-corrected chi connectivity index (χ4v) is 2.35. The predicted octanol–water partition coefficient (Wildman–Crippen LogP) is 4.06. The second kappa shape index (κ2) is 5.29. The van der Waals surface area contributed by atoms with E-state index in [1.54, 1.807) is 18.2 Å². The molecule has 104 valence electrons. The zero-order valence-electron chi connectivity index (χ0n) is 10.4. The highest BCUT2D eigenvalue weighted by molar-refractivity contribution is 6.22. The molecule has 2 aromatic rings. The van der Waals surface area contributed by atoms with Gasteiger partial charge in [-0.2, -0.15) is 0 Å². The fraction of sp³-hybridized carbons (Fsp3) is 0.200. The number of benzene rings is 2. The molecule has 5 heteroatoms. The minimum absolute atomic E-state index is 0.481. The van der Waals surface area contributed by atoms with Crippen molar-refractivity contribution in [3.63, 3.8) is 0 Å². The Kier molecular flexibility index (Phi) is 3.49. The molecule has 0 radical (unpaired) electrons. The Balaban J connectivity index is 1.93. The summed E-state index contributed by atoms with van der Waals surface area (Å²) in [6, 6.07) is 8.94. The van der Waals surface area contributed by atoms with E-state index in [9.17, 15) is 8.78 Å². The summed E-state index contributed by atoms with van der Waals surface area (Å²) in [6.07, 6.45) is 0. The Morgan fingerprint density at radius 2 is 1.50 bits per heavy atom. The smallest absolute Gasteiger partial charge is 0.161 e. The molecule has 1 unspecified atom stereocenters. The Morgan fingerprint density at radius 3 is 2.25 bits per heavy atom. The monoisotopic (exact) mass is 296 g/mol. The van der Waals surface area contributed by atoms with E-state index in [1.165, 1.54) is 6.07 Å². The van der Waals surface area contributed by atoms with Crippen LogP contribution in [0.4, 0.5) is 8.78 Å². The maximum absolute atomic E-state index is 13.3. The molecule has 0 saturated heterocycles. The van der Waals surface area contributed by atoms with Gasteiger partial charge in [0.05, 0.1) is 5.38 Å². The summed E-state index contributed by atoms with van der Waals surface area (Å²) in [6.45, 7) is 0.994. The van der Waals surface area contributed by atoms with E-state index in [-0.39, 0.29) is 0 Å². The first-order chi connectivity index (χ1) is 9.65. The van der Waals surface area contributed by atoms with Crippen LogP contribution in [-0.2, 0) is 0 Å². The van der Waals surface area contributed by atoms with Gasteiger partial charge in [-0.05, 0) is 35.4 Å². The molecule has 20 heavy (non-hydrogen) atoms. The van der Waals surface area contributed by atoms with Crippen LogP contribution in [0, 0.1) is 11.6 Å². The standard InChI is InChI=1S/C15H11ClF2O2/c16-15(9-1-3-11(17)12(18)7-9)10-2-4-13-14(8-10)20-6-5-19-13/h1-4,7-8,15H,5-6H2. The molecule has 0 aromatic heterocycles. The van der Waals surface area contributed by atoms with Gasteiger partial charge in [0.15, 0.2) is 23.1 Å². The molecule has 0 saturated carbocycles. The number of fused-ring (bicyclic) bond motifs is 1. The van der Waals surface area contributed by atoms with Crippen molar-refractivity contribution in [1.29, 1.82) is 0 Å². The number of halogens is 3. The summed E-state index contributed by atoms with van der Waals surface area (Å²) < 4.78 is 37.1. The molecule has 0 fully saturated rings. The molecule has 0 amide bonds. The van der Waals surface area contributed by atoms with Crippen LogP contribution in [0.25, 0.3) is 0 Å². The van der Waals surface area contributed by atoms with Gasteiger partial charge in [-0.3, -0.25) is 0 Å². The first-order valence-corrected chi connectivity index (χ1v) is 6.57. The van der Waals surface area contributed by atoms with Crippen LogP contribution in [0.3, 0.4) is 0 Å². The average Bonchev–Trinajstić information content (AvgIpc) is 2.49. The molecular weight excluding hydrogens is 286 g/mol. The summed E-state index contributed by atoms with van der Waals surface area (Å²) in [5.74, 6) is -0.526. The summed E-state index contributed by atoms with van der Waals surface area (Å²) in [5.41, 5.74) is 1.23. The second-order valence-electron chi connectivity index (χ2n) is 4.44. The highest BCUT2D eigenvalue weighted by Crippen LogP contribution is 2.37. The van der Waals surface area contributed by atoms with Gasteiger partial charge in [0, 0.05) is 0 Å². The Morgan fingerprint density at radius 1 is 0.850 bits per heavy atom. The first-order valence-electron chi connectivity index (χ1n) is 6.14. The molecule has 1 aliphatic rings. The van der Waals surface area contributed by atoms with Gasteiger partial charge in [-0.15, -0.1) is 11.6 Å². The highest BCUT2D eigenvalue weighted by atomic mass is 35.5. The number of ether oxygens (including phenoxy) is 2. The fourth-order valence-electron chi connectivity index (χ4n) is 2.08. The van der Waals surface area contributed by atoms with Crippen molar-refractivity contribution in [3.8, 4) is 11.5 Å². The van der Waals surface area contributed by atoms with E-state index in [0.717, 1.165) is 17.7 Å². The molecular formula is C15H11ClF2O2. The molecule has 1 heterocycles. The minimum atomic E-state index is -0.911. The third-order valence-electron chi connectivity index (χ3n) is 3.10. The molecule has 2 aromatic carbocycles. The average molecular weight is 297 g/mol. The van der Waals surface area contributed by atoms with E-state index < -0.39 is 17.0 Å². The summed E-state index contributed by atoms with van der Waals surface area (Å²) >= 11 is 6.31. The van der Waals surface area contributed by atoms with Crippen molar-refractivity contribution in [1.82, 2.24) is 0 Å². The van der Waals surface area contributed by atoms with Crippen LogP contribution in [0.2, 0.25) is 0 Å². The number of hydrogen-bond acceptors (Lipinski definition) is 2. The third-order valence-corrected chi connectivity index (χ3v) is 3.60. The molecule has 0 spiro atoms. The van der Waals surface area contributed by atoms with Crippen LogP contribution in [0.15, 0.2) is 36.4 Å². The minimum Gasteiger partial charge on any atom is -0.486 e. The van der Waals surface area contributed by atoms with E-state index in [0.29, 0.717) is 30.3 Å². The zero-order chi connectivity index (χ0) is 14.1. The van der Waals surface area contributed by atoms with Gasteiger partial charge in [-0.1, -0.05) is 12.1 Å². The van der Waals surface area contributed by atoms with Crippen molar-refractivity contribution >= 4 is 11.6 Å². The lowest BCUT2D eigenvalue weighted by Crippen LogP contribution is -2.15. The summed E-state index contributed by atoms with van der Waals surface area (Å²) in [5, 5.41) is -0.582. The summed E-state index contributed by atoms with van der Waals surface area (Å²) in [4.78, 5) is 0. The normalized spacial score (nSPS) is 14.9. The number of alkyl halides is 1. The van der Waals surface area contributed by atoms with E-state index in [1.807, 2.05) is 0 Å². The Hall–Kier alpha value is -1.81. The first kappa shape index (κ1) is 13.2. The SMILES string of the molecule is Fc1ccc(C(Cl)c2ccc3c(c2)OCCO3)cc1F. The molecule has 2 nitrogen and oxygen atoms in total. The van der Waals surface area contributed by atoms with Crippen molar-refractivity contribution < 1.29 is 18.3 Å². The molecule has 0 bridgehead atoms. The third kappa shape index (κ3) is 2.43. The lowest BCUT2D eigenvalue weighted by atomic mass is 10.0. The molecule has 3 rings (SSSR count). The molecule has 1 aliphatic heterocycles. The molecule has 1 atom stereocenters. The van der Waals surface area contributed by atoms with E-state index >= 15 is 0 Å². The second-order valence-corrected chi connectivity index (χ2v) is 4.88. The van der Waals surface area contributed by atoms with Crippen LogP contribution < -0.4 is 9.47 Å². The van der Waals surface area contributed by atoms with Gasteiger partial charge < -0.3 is 9.47 Å². The van der Waals surface area contributed by atoms with Gasteiger partial charge in [0.1, 0.15) is 13.2 Å². The van der Waals surface area contributed by atoms with Crippen LogP contribution >= 0.6 is 11.6 Å². The zero-order valence-corrected chi connectivity index (χ0v) is 11.2. The van der Waals surface area contributed by atoms with Crippen LogP contribution in [0.5, 0.6) is 11.5 Å². The van der Waals surface area contributed by atoms with Crippen molar-refractivity contribution in [2.24, 2.45) is 0 Å². The molecule has 0 aliphatic carbocycles. The van der Waals surface area contributed by atoms with Crippen LogP contribution in [-0.4, -0.2) is 13.2 Å². The summed E-state index contributed by atoms with van der Waals surface area (Å²) in [7, 11) is 0. The van der Waals surface area contributed by atoms with Gasteiger partial charge in [-0.25, -0.2) is 8.78 Å². The lowest BCUT2D eigenvalue weighted by molar-refractivity contribution is 0.171. The molecule has 0 N–H and O–H groups in total. The number of hydrogen-bond donors (Lipinski definition) is 0. The van der Waals surface area contributed by atoms with Gasteiger partial charge in [0.25, 0.3) is 0 Å². The quantitative estimate of drug-likeness (QED) is 0.778. The van der Waals surface area contributed by atoms with E-state index in [2.05, 4.69) is 0 Å². The highest BCUT2D eigenvalue weighted by Gasteiger charge is 2.17. The predicted molar refractivity (Wildman–Crippen MR) is 71.5 cm³/mol. The maximum atomic E-state index is 13.3. The van der Waals surface area contributed by atoms with Crippen molar-refractivity contribution in [2.45, 2.75) is 5.38 Å². The van der Waals surface area contributed by atoms with E-state index in [4.69, 9.17) is 21.1 Å². The van der Waals surface area contributed by atoms with Crippen molar-refractivity contribution in [3.05, 3.63) is 59.2 Å².